The Morgan fingerprint density at radius 1 is 1.05 bits per heavy atom. The van der Waals surface area contributed by atoms with E-state index in [-0.39, 0.29) is 18.4 Å². The van der Waals surface area contributed by atoms with Gasteiger partial charge in [0.2, 0.25) is 11.8 Å². The summed E-state index contributed by atoms with van der Waals surface area (Å²) in [6.45, 7) is 1.34. The normalized spacial score (nSPS) is 13.9. The molecule has 4 amide bonds. The van der Waals surface area contributed by atoms with Crippen LogP contribution < -0.4 is 16.0 Å². The van der Waals surface area contributed by atoms with E-state index in [9.17, 15) is 14.4 Å². The standard InChI is InChI=1S/C28H26N6O3/c1-33-13-14-34(28(33)37)21-9-7-18(8-10-21)15-25(35)31-24-12-11-22-20(17-30-27(22)32-24)16-23(26(29)36)19-5-3-2-4-6-19/h2-12,16-17H,13-15H2,1H3,(H2,29,36)(H2,30,31,32,35)/b23-16+. The van der Waals surface area contributed by atoms with E-state index < -0.39 is 5.91 Å². The van der Waals surface area contributed by atoms with Crippen LogP contribution in [0, 0.1) is 0 Å². The highest BCUT2D eigenvalue weighted by Gasteiger charge is 2.26. The highest BCUT2D eigenvalue weighted by atomic mass is 16.2. The molecular formula is C28H26N6O3. The number of carbonyl (C=O) groups is 3. The number of urea groups is 1. The molecule has 3 heterocycles. The van der Waals surface area contributed by atoms with Gasteiger partial charge in [0.1, 0.15) is 11.5 Å². The quantitative estimate of drug-likeness (QED) is 0.339. The molecule has 9 nitrogen and oxygen atoms in total. The maximum atomic E-state index is 12.6. The Labute approximate surface area is 213 Å². The number of anilines is 2. The molecule has 0 saturated carbocycles. The van der Waals surface area contributed by atoms with Gasteiger partial charge >= 0.3 is 6.03 Å². The van der Waals surface area contributed by atoms with Crippen molar-refractivity contribution in [1.29, 1.82) is 0 Å². The number of fused-ring (bicyclic) bond motifs is 1. The van der Waals surface area contributed by atoms with Crippen molar-refractivity contribution in [3.05, 3.63) is 89.6 Å². The average Bonchev–Trinajstić information content (AvgIpc) is 3.45. The first-order chi connectivity index (χ1) is 17.9. The molecule has 2 aromatic heterocycles. The summed E-state index contributed by atoms with van der Waals surface area (Å²) >= 11 is 0. The van der Waals surface area contributed by atoms with Crippen LogP contribution in [-0.4, -0.2) is 52.9 Å². The van der Waals surface area contributed by atoms with E-state index in [4.69, 9.17) is 5.73 Å². The third-order valence-corrected chi connectivity index (χ3v) is 6.32. The zero-order valence-corrected chi connectivity index (χ0v) is 20.3. The van der Waals surface area contributed by atoms with E-state index in [0.717, 1.165) is 27.8 Å². The molecule has 186 valence electrons. The molecule has 0 unspecified atom stereocenters. The highest BCUT2D eigenvalue weighted by molar-refractivity contribution is 6.24. The van der Waals surface area contributed by atoms with Crippen molar-refractivity contribution in [2.24, 2.45) is 5.73 Å². The van der Waals surface area contributed by atoms with Crippen molar-refractivity contribution in [2.45, 2.75) is 6.42 Å². The summed E-state index contributed by atoms with van der Waals surface area (Å²) in [5.41, 5.74) is 9.73. The lowest BCUT2D eigenvalue weighted by atomic mass is 10.0. The molecular weight excluding hydrogens is 468 g/mol. The van der Waals surface area contributed by atoms with E-state index >= 15 is 0 Å². The Morgan fingerprint density at radius 2 is 1.81 bits per heavy atom. The number of amides is 4. The fourth-order valence-electron chi connectivity index (χ4n) is 4.34. The van der Waals surface area contributed by atoms with Gasteiger partial charge in [-0.15, -0.1) is 0 Å². The second-order valence-electron chi connectivity index (χ2n) is 8.87. The number of aromatic nitrogens is 2. The molecule has 37 heavy (non-hydrogen) atoms. The van der Waals surface area contributed by atoms with Crippen LogP contribution >= 0.6 is 0 Å². The maximum absolute atomic E-state index is 12.6. The minimum atomic E-state index is -0.523. The van der Waals surface area contributed by atoms with Gasteiger partial charge in [-0.25, -0.2) is 9.78 Å². The first kappa shape index (κ1) is 23.8. The van der Waals surface area contributed by atoms with E-state index in [0.29, 0.717) is 30.1 Å². The summed E-state index contributed by atoms with van der Waals surface area (Å²) in [6, 6.07) is 20.2. The number of nitrogens with two attached hydrogens (primary N) is 1. The average molecular weight is 495 g/mol. The minimum absolute atomic E-state index is 0.0270. The lowest BCUT2D eigenvalue weighted by molar-refractivity contribution is -0.115. The maximum Gasteiger partial charge on any atom is 0.324 e. The van der Waals surface area contributed by atoms with Crippen molar-refractivity contribution < 1.29 is 14.4 Å². The summed E-state index contributed by atoms with van der Waals surface area (Å²) in [6.07, 6.45) is 3.65. The van der Waals surface area contributed by atoms with E-state index in [1.807, 2.05) is 60.7 Å². The Balaban J connectivity index is 1.27. The Kier molecular flexibility index (Phi) is 6.42. The van der Waals surface area contributed by atoms with Crippen molar-refractivity contribution >= 4 is 52.0 Å². The SMILES string of the molecule is CN1CCN(c2ccc(CC(=O)Nc3ccc4c(/C=C(/C(N)=O)c5ccccc5)c[nH]c4n3)cc2)C1=O. The fourth-order valence-corrected chi connectivity index (χ4v) is 4.34. The summed E-state index contributed by atoms with van der Waals surface area (Å²) in [7, 11) is 1.78. The molecule has 0 atom stereocenters. The van der Waals surface area contributed by atoms with Gasteiger partial charge in [0.25, 0.3) is 0 Å². The van der Waals surface area contributed by atoms with Crippen LogP contribution in [0.2, 0.25) is 0 Å². The minimum Gasteiger partial charge on any atom is -0.366 e. The van der Waals surface area contributed by atoms with Gasteiger partial charge in [-0.05, 0) is 41.5 Å². The van der Waals surface area contributed by atoms with Crippen LogP contribution in [0.5, 0.6) is 0 Å². The third-order valence-electron chi connectivity index (χ3n) is 6.32. The smallest absolute Gasteiger partial charge is 0.324 e. The number of hydrogen-bond donors (Lipinski definition) is 3. The second kappa shape index (κ2) is 9.98. The molecule has 1 aliphatic rings. The molecule has 0 radical (unpaired) electrons. The fraction of sp³-hybridized carbons (Fsp3) is 0.143. The molecule has 4 aromatic rings. The first-order valence-electron chi connectivity index (χ1n) is 11.9. The molecule has 0 aliphatic carbocycles. The van der Waals surface area contributed by atoms with Gasteiger partial charge in [-0.2, -0.15) is 0 Å². The number of benzene rings is 2. The predicted molar refractivity (Wildman–Crippen MR) is 144 cm³/mol. The van der Waals surface area contributed by atoms with E-state index in [1.165, 1.54) is 0 Å². The van der Waals surface area contributed by atoms with Crippen molar-refractivity contribution in [1.82, 2.24) is 14.9 Å². The topological polar surface area (TPSA) is 124 Å². The zero-order valence-electron chi connectivity index (χ0n) is 20.3. The van der Waals surface area contributed by atoms with E-state index in [1.54, 1.807) is 35.2 Å². The number of rotatable bonds is 7. The molecule has 5 rings (SSSR count). The van der Waals surface area contributed by atoms with Gasteiger partial charge < -0.3 is 20.9 Å². The Morgan fingerprint density at radius 3 is 2.49 bits per heavy atom. The van der Waals surface area contributed by atoms with Gasteiger partial charge in [0, 0.05) is 48.5 Å². The Hall–Kier alpha value is -4.92. The first-order valence-corrected chi connectivity index (χ1v) is 11.9. The Bertz CT molecular complexity index is 1510. The van der Waals surface area contributed by atoms with Crippen LogP contribution in [0.3, 0.4) is 0 Å². The lowest BCUT2D eigenvalue weighted by Gasteiger charge is -2.16. The molecule has 4 N–H and O–H groups in total. The number of likely N-dealkylation sites (N-methyl/N-ethyl adjacent to an activating group) is 1. The number of carbonyl (C=O) groups excluding carboxylic acids is 3. The number of primary amides is 1. The highest BCUT2D eigenvalue weighted by Crippen LogP contribution is 2.25. The van der Waals surface area contributed by atoms with Crippen molar-refractivity contribution in [3.8, 4) is 0 Å². The van der Waals surface area contributed by atoms with Gasteiger partial charge in [-0.3, -0.25) is 14.5 Å². The summed E-state index contributed by atoms with van der Waals surface area (Å²) in [4.78, 5) is 47.9. The third kappa shape index (κ3) is 5.06. The van der Waals surface area contributed by atoms with E-state index in [2.05, 4.69) is 15.3 Å². The second-order valence-corrected chi connectivity index (χ2v) is 8.87. The largest absolute Gasteiger partial charge is 0.366 e. The van der Waals surface area contributed by atoms with Crippen LogP contribution in [0.15, 0.2) is 72.9 Å². The number of nitrogens with zero attached hydrogens (tertiary/aromatic N) is 3. The molecule has 0 bridgehead atoms. The zero-order chi connectivity index (χ0) is 25.9. The molecule has 2 aromatic carbocycles. The number of nitrogens with one attached hydrogen (secondary N) is 2. The molecule has 9 heteroatoms. The van der Waals surface area contributed by atoms with Crippen LogP contribution in [0.4, 0.5) is 16.3 Å². The number of hydrogen-bond acceptors (Lipinski definition) is 4. The van der Waals surface area contributed by atoms with Gasteiger partial charge in [0.15, 0.2) is 0 Å². The molecule has 0 spiro atoms. The summed E-state index contributed by atoms with van der Waals surface area (Å²) < 4.78 is 0. The molecule has 1 saturated heterocycles. The monoisotopic (exact) mass is 494 g/mol. The number of H-pyrrole nitrogens is 1. The van der Waals surface area contributed by atoms with Crippen molar-refractivity contribution in [3.63, 3.8) is 0 Å². The molecule has 1 aliphatic heterocycles. The lowest BCUT2D eigenvalue weighted by Crippen LogP contribution is -2.29. The van der Waals surface area contributed by atoms with Gasteiger partial charge in [0.05, 0.1) is 6.42 Å². The van der Waals surface area contributed by atoms with Gasteiger partial charge in [-0.1, -0.05) is 42.5 Å². The number of aromatic amines is 1. The van der Waals surface area contributed by atoms with Crippen LogP contribution in [0.1, 0.15) is 16.7 Å². The molecule has 1 fully saturated rings. The number of pyridine rings is 1. The summed E-state index contributed by atoms with van der Waals surface area (Å²) in [5.74, 6) is -0.316. The summed E-state index contributed by atoms with van der Waals surface area (Å²) in [5, 5.41) is 3.63. The van der Waals surface area contributed by atoms with Crippen LogP contribution in [-0.2, 0) is 16.0 Å². The van der Waals surface area contributed by atoms with Crippen molar-refractivity contribution in [2.75, 3.05) is 30.4 Å². The van der Waals surface area contributed by atoms with Crippen LogP contribution in [0.25, 0.3) is 22.7 Å². The predicted octanol–water partition coefficient (Wildman–Crippen LogP) is 3.64.